The summed E-state index contributed by atoms with van der Waals surface area (Å²) in [6.07, 6.45) is 7.53. The van der Waals surface area contributed by atoms with Crippen LogP contribution in [0.1, 0.15) is 34.1 Å². The molecule has 142 valence electrons. The summed E-state index contributed by atoms with van der Waals surface area (Å²) in [5.74, 6) is -0.161. The number of allylic oxidation sites excluding steroid dienone is 2. The Balaban J connectivity index is 1.77. The van der Waals surface area contributed by atoms with Crippen LogP contribution in [0.5, 0.6) is 11.8 Å². The van der Waals surface area contributed by atoms with Crippen LogP contribution in [0.2, 0.25) is 0 Å². The molecule has 0 radical (unpaired) electrons. The summed E-state index contributed by atoms with van der Waals surface area (Å²) in [7, 11) is 0. The molecule has 2 atom stereocenters. The van der Waals surface area contributed by atoms with Crippen LogP contribution in [0.15, 0.2) is 97.3 Å². The van der Waals surface area contributed by atoms with E-state index in [-0.39, 0.29) is 23.6 Å². The summed E-state index contributed by atoms with van der Waals surface area (Å²) in [4.78, 5) is 4.05. The third kappa shape index (κ3) is 2.81. The first-order valence-electron chi connectivity index (χ1n) is 9.60. The van der Waals surface area contributed by atoms with E-state index in [0.717, 1.165) is 22.3 Å². The van der Waals surface area contributed by atoms with Gasteiger partial charge in [-0.05, 0) is 23.3 Å². The molecule has 2 aromatic heterocycles. The molecule has 0 spiro atoms. The molecule has 0 saturated carbocycles. The lowest BCUT2D eigenvalue weighted by molar-refractivity contribution is 0.399. The van der Waals surface area contributed by atoms with Crippen molar-refractivity contribution in [2.75, 3.05) is 0 Å². The van der Waals surface area contributed by atoms with Gasteiger partial charge in [-0.1, -0.05) is 72.8 Å². The number of aromatic hydroxyl groups is 2. The Bertz CT molecular complexity index is 1090. The molecule has 2 N–H and O–H groups in total. The summed E-state index contributed by atoms with van der Waals surface area (Å²) >= 11 is 0. The fraction of sp³-hybridized carbons (Fsp3) is 0.0800. The van der Waals surface area contributed by atoms with Gasteiger partial charge in [-0.15, -0.1) is 0 Å². The Morgan fingerprint density at radius 2 is 1.07 bits per heavy atom. The molecule has 0 bridgehead atoms. The third-order valence-electron chi connectivity index (χ3n) is 5.55. The average molecular weight is 380 g/mol. The van der Waals surface area contributed by atoms with E-state index in [9.17, 15) is 10.2 Å². The van der Waals surface area contributed by atoms with Crippen LogP contribution in [0.25, 0.3) is 5.69 Å². The highest BCUT2D eigenvalue weighted by molar-refractivity contribution is 5.63. The molecule has 2 heterocycles. The minimum absolute atomic E-state index is 0.0582. The van der Waals surface area contributed by atoms with Crippen molar-refractivity contribution in [2.24, 2.45) is 0 Å². The number of rotatable bonds is 3. The van der Waals surface area contributed by atoms with Gasteiger partial charge in [-0.25, -0.2) is 0 Å². The van der Waals surface area contributed by atoms with Gasteiger partial charge < -0.3 is 10.2 Å². The first-order chi connectivity index (χ1) is 14.3. The van der Waals surface area contributed by atoms with Crippen LogP contribution in [-0.4, -0.2) is 19.8 Å². The predicted molar refractivity (Wildman–Crippen MR) is 113 cm³/mol. The van der Waals surface area contributed by atoms with E-state index in [2.05, 4.69) is 17.1 Å². The topological polar surface area (TPSA) is 58.3 Å². The molecule has 4 nitrogen and oxygen atoms in total. The largest absolute Gasteiger partial charge is 0.494 e. The second-order valence-electron chi connectivity index (χ2n) is 7.18. The highest BCUT2D eigenvalue weighted by Crippen LogP contribution is 2.51. The van der Waals surface area contributed by atoms with Crippen LogP contribution in [-0.2, 0) is 0 Å². The Hall–Kier alpha value is -3.79. The van der Waals surface area contributed by atoms with Crippen LogP contribution in [0.3, 0.4) is 0 Å². The number of pyridine rings is 1. The average Bonchev–Trinajstić information content (AvgIpc) is 3.06. The number of hydrogen-bond donors (Lipinski definition) is 2. The number of hydrogen-bond acceptors (Lipinski definition) is 3. The highest BCUT2D eigenvalue weighted by Gasteiger charge is 2.35. The van der Waals surface area contributed by atoms with Crippen LogP contribution < -0.4 is 0 Å². The quantitative estimate of drug-likeness (QED) is 0.485. The Kier molecular flexibility index (Phi) is 4.17. The summed E-state index contributed by atoms with van der Waals surface area (Å²) in [6, 6.07) is 23.6. The molecule has 2 unspecified atom stereocenters. The Morgan fingerprint density at radius 1 is 0.621 bits per heavy atom. The molecule has 4 aromatic rings. The van der Waals surface area contributed by atoms with E-state index in [1.54, 1.807) is 24.5 Å². The van der Waals surface area contributed by atoms with Crippen LogP contribution in [0, 0.1) is 0 Å². The van der Waals surface area contributed by atoms with Crippen molar-refractivity contribution in [3.8, 4) is 17.4 Å². The van der Waals surface area contributed by atoms with Crippen molar-refractivity contribution >= 4 is 0 Å². The molecule has 2 aromatic carbocycles. The maximum atomic E-state index is 11.3. The fourth-order valence-electron chi connectivity index (χ4n) is 4.22. The van der Waals surface area contributed by atoms with Gasteiger partial charge in [0.2, 0.25) is 11.8 Å². The zero-order valence-electron chi connectivity index (χ0n) is 15.7. The number of benzene rings is 2. The van der Waals surface area contributed by atoms with Crippen molar-refractivity contribution in [1.29, 1.82) is 0 Å². The Morgan fingerprint density at radius 3 is 1.52 bits per heavy atom. The lowest BCUT2D eigenvalue weighted by Crippen LogP contribution is -2.10. The number of aromatic nitrogens is 2. The van der Waals surface area contributed by atoms with Crippen molar-refractivity contribution in [1.82, 2.24) is 9.55 Å². The molecular weight excluding hydrogens is 360 g/mol. The lowest BCUT2D eigenvalue weighted by Gasteiger charge is -2.24. The van der Waals surface area contributed by atoms with Gasteiger partial charge in [-0.3, -0.25) is 9.55 Å². The smallest absolute Gasteiger partial charge is 0.203 e. The SMILES string of the molecule is Oc1c2c(c(O)n1-c1ccncc1)C(c1ccccc1)C=CC2c1ccccc1. The van der Waals surface area contributed by atoms with Crippen molar-refractivity contribution < 1.29 is 10.2 Å². The van der Waals surface area contributed by atoms with E-state index in [0.29, 0.717) is 5.69 Å². The van der Waals surface area contributed by atoms with Gasteiger partial charge in [0.05, 0.1) is 5.69 Å². The zero-order chi connectivity index (χ0) is 19.8. The molecule has 0 saturated heterocycles. The van der Waals surface area contributed by atoms with Gasteiger partial charge >= 0.3 is 0 Å². The van der Waals surface area contributed by atoms with Crippen molar-refractivity contribution in [2.45, 2.75) is 11.8 Å². The number of nitrogens with zero attached hydrogens (tertiary/aromatic N) is 2. The summed E-state index contributed by atoms with van der Waals surface area (Å²) in [5.41, 5.74) is 4.28. The molecule has 0 aliphatic heterocycles. The molecule has 29 heavy (non-hydrogen) atoms. The zero-order valence-corrected chi connectivity index (χ0v) is 15.7. The summed E-state index contributed by atoms with van der Waals surface area (Å²) in [5, 5.41) is 22.5. The van der Waals surface area contributed by atoms with E-state index in [1.807, 2.05) is 60.7 Å². The van der Waals surface area contributed by atoms with Crippen molar-refractivity contribution in [3.63, 3.8) is 0 Å². The first kappa shape index (κ1) is 17.3. The van der Waals surface area contributed by atoms with Gasteiger partial charge in [0.1, 0.15) is 0 Å². The normalized spacial score (nSPS) is 17.8. The maximum absolute atomic E-state index is 11.3. The molecule has 4 heteroatoms. The number of fused-ring (bicyclic) bond motifs is 1. The van der Waals surface area contributed by atoms with E-state index >= 15 is 0 Å². The van der Waals surface area contributed by atoms with Crippen molar-refractivity contribution in [3.05, 3.63) is 120 Å². The van der Waals surface area contributed by atoms with Gasteiger partial charge in [0.15, 0.2) is 0 Å². The second-order valence-corrected chi connectivity index (χ2v) is 7.18. The summed E-state index contributed by atoms with van der Waals surface area (Å²) < 4.78 is 1.51. The summed E-state index contributed by atoms with van der Waals surface area (Å²) in [6.45, 7) is 0. The monoisotopic (exact) mass is 380 g/mol. The predicted octanol–water partition coefficient (Wildman–Crippen LogP) is 5.12. The minimum atomic E-state index is -0.139. The maximum Gasteiger partial charge on any atom is 0.203 e. The minimum Gasteiger partial charge on any atom is -0.494 e. The molecule has 5 rings (SSSR count). The molecular formula is C25H20N2O2. The van der Waals surface area contributed by atoms with E-state index < -0.39 is 0 Å². The molecule has 1 aliphatic carbocycles. The first-order valence-corrected chi connectivity index (χ1v) is 9.60. The molecule has 0 fully saturated rings. The van der Waals surface area contributed by atoms with E-state index in [4.69, 9.17) is 0 Å². The van der Waals surface area contributed by atoms with Crippen LogP contribution in [0.4, 0.5) is 0 Å². The molecule has 1 aliphatic rings. The van der Waals surface area contributed by atoms with Gasteiger partial charge in [-0.2, -0.15) is 0 Å². The van der Waals surface area contributed by atoms with Gasteiger partial charge in [0, 0.05) is 35.4 Å². The second kappa shape index (κ2) is 6.99. The van der Waals surface area contributed by atoms with E-state index in [1.165, 1.54) is 4.57 Å². The van der Waals surface area contributed by atoms with Crippen LogP contribution >= 0.6 is 0 Å². The fourth-order valence-corrected chi connectivity index (χ4v) is 4.22. The third-order valence-corrected chi connectivity index (χ3v) is 5.55. The lowest BCUT2D eigenvalue weighted by atomic mass is 9.78. The molecule has 0 amide bonds. The highest BCUT2D eigenvalue weighted by atomic mass is 16.3. The Labute approximate surface area is 169 Å². The van der Waals surface area contributed by atoms with Gasteiger partial charge in [0.25, 0.3) is 0 Å². The standard InChI is InChI=1S/C25H20N2O2/c28-24-22-20(17-7-3-1-4-8-17)11-12-21(18-9-5-2-6-10-18)23(22)25(29)27(24)19-13-15-26-16-14-19/h1-16,20-21,28-29H.